The van der Waals surface area contributed by atoms with E-state index in [0.717, 1.165) is 51.9 Å². The van der Waals surface area contributed by atoms with Crippen molar-refractivity contribution in [2.45, 2.75) is 53.2 Å². The molecule has 0 aliphatic heterocycles. The number of para-hydroxylation sites is 2. The molecule has 1 aromatic heterocycles. The Morgan fingerprint density at radius 3 is 2.58 bits per heavy atom. The minimum Gasteiger partial charge on any atom is -0.494 e. The van der Waals surface area contributed by atoms with E-state index in [-0.39, 0.29) is 0 Å². The highest BCUT2D eigenvalue weighted by molar-refractivity contribution is 6.31. The molecule has 5 heteroatoms. The monoisotopic (exact) mass is 462 g/mol. The Morgan fingerprint density at radius 1 is 0.970 bits per heavy atom. The van der Waals surface area contributed by atoms with Gasteiger partial charge in [-0.15, -0.1) is 0 Å². The molecule has 33 heavy (non-hydrogen) atoms. The lowest BCUT2D eigenvalue weighted by atomic mass is 10.0. The van der Waals surface area contributed by atoms with E-state index in [1.54, 1.807) is 0 Å². The van der Waals surface area contributed by atoms with Crippen LogP contribution in [0.3, 0.4) is 0 Å². The molecule has 0 fully saturated rings. The fourth-order valence-corrected chi connectivity index (χ4v) is 4.11. The van der Waals surface area contributed by atoms with Crippen molar-refractivity contribution in [2.75, 3.05) is 6.61 Å². The maximum absolute atomic E-state index is 6.31. The zero-order valence-electron chi connectivity index (χ0n) is 19.8. The SMILES string of the molecule is Cc1ccc(C(C)C)c(OCc2nc3ccccc3n2CCCOc2ccc(Cl)c(C)c2)c1. The van der Waals surface area contributed by atoms with Crippen molar-refractivity contribution < 1.29 is 9.47 Å². The highest BCUT2D eigenvalue weighted by atomic mass is 35.5. The Kier molecular flexibility index (Phi) is 7.24. The number of nitrogens with zero attached hydrogens (tertiary/aromatic N) is 2. The number of hydrogen-bond donors (Lipinski definition) is 0. The third-order valence-corrected chi connectivity index (χ3v) is 6.23. The number of aromatic nitrogens is 2. The molecule has 3 aromatic carbocycles. The summed E-state index contributed by atoms with van der Waals surface area (Å²) in [6, 6.07) is 20.4. The third kappa shape index (κ3) is 5.51. The van der Waals surface area contributed by atoms with Crippen LogP contribution in [0, 0.1) is 13.8 Å². The largest absolute Gasteiger partial charge is 0.494 e. The Hall–Kier alpha value is -2.98. The summed E-state index contributed by atoms with van der Waals surface area (Å²) in [5.41, 5.74) is 5.53. The summed E-state index contributed by atoms with van der Waals surface area (Å²) in [5, 5.41) is 0.756. The van der Waals surface area contributed by atoms with Gasteiger partial charge < -0.3 is 14.0 Å². The predicted molar refractivity (Wildman–Crippen MR) is 136 cm³/mol. The molecule has 0 saturated carbocycles. The highest BCUT2D eigenvalue weighted by Gasteiger charge is 2.14. The Morgan fingerprint density at radius 2 is 1.79 bits per heavy atom. The molecule has 0 amide bonds. The first kappa shape index (κ1) is 23.2. The van der Waals surface area contributed by atoms with Crippen LogP contribution >= 0.6 is 11.6 Å². The second-order valence-electron chi connectivity index (χ2n) is 8.77. The molecule has 0 N–H and O–H groups in total. The third-order valence-electron chi connectivity index (χ3n) is 5.81. The van der Waals surface area contributed by atoms with Gasteiger partial charge in [-0.3, -0.25) is 0 Å². The minimum absolute atomic E-state index is 0.396. The molecule has 4 nitrogen and oxygen atoms in total. The van der Waals surface area contributed by atoms with Gasteiger partial charge >= 0.3 is 0 Å². The summed E-state index contributed by atoms with van der Waals surface area (Å²) in [7, 11) is 0. The van der Waals surface area contributed by atoms with Crippen molar-refractivity contribution in [3.63, 3.8) is 0 Å². The summed E-state index contributed by atoms with van der Waals surface area (Å²) in [6.07, 6.45) is 0.858. The number of imidazole rings is 1. The number of aryl methyl sites for hydroxylation is 3. The van der Waals surface area contributed by atoms with Crippen LogP contribution in [-0.2, 0) is 13.2 Å². The van der Waals surface area contributed by atoms with Crippen molar-refractivity contribution in [1.82, 2.24) is 9.55 Å². The molecule has 0 bridgehead atoms. The van der Waals surface area contributed by atoms with Crippen LogP contribution in [-0.4, -0.2) is 16.2 Å². The second kappa shape index (κ2) is 10.3. The van der Waals surface area contributed by atoms with E-state index in [1.165, 1.54) is 11.1 Å². The highest BCUT2D eigenvalue weighted by Crippen LogP contribution is 2.29. The standard InChI is InChI=1S/C28H31ClN2O2/c1-19(2)23-12-10-20(3)16-27(23)33-18-28-30-25-8-5-6-9-26(25)31(28)14-7-15-32-22-11-13-24(29)21(4)17-22/h5-6,8-13,16-17,19H,7,14-15,18H2,1-4H3. The summed E-state index contributed by atoms with van der Waals surface area (Å²) in [6.45, 7) is 10.3. The van der Waals surface area contributed by atoms with Crippen LogP contribution in [0.2, 0.25) is 5.02 Å². The fourth-order valence-electron chi connectivity index (χ4n) is 3.99. The summed E-state index contributed by atoms with van der Waals surface area (Å²) >= 11 is 6.11. The molecule has 0 aliphatic carbocycles. The molecule has 0 saturated heterocycles. The fraction of sp³-hybridized carbons (Fsp3) is 0.321. The zero-order valence-corrected chi connectivity index (χ0v) is 20.5. The smallest absolute Gasteiger partial charge is 0.148 e. The van der Waals surface area contributed by atoms with E-state index >= 15 is 0 Å². The maximum atomic E-state index is 6.31. The molecule has 4 aromatic rings. The first-order valence-electron chi connectivity index (χ1n) is 11.5. The molecular weight excluding hydrogens is 432 g/mol. The average molecular weight is 463 g/mol. The quantitative estimate of drug-likeness (QED) is 0.242. The van der Waals surface area contributed by atoms with Gasteiger partial charge in [0.25, 0.3) is 0 Å². The number of rotatable bonds is 9. The second-order valence-corrected chi connectivity index (χ2v) is 9.17. The van der Waals surface area contributed by atoms with Gasteiger partial charge in [0.2, 0.25) is 0 Å². The topological polar surface area (TPSA) is 36.3 Å². The van der Waals surface area contributed by atoms with Crippen molar-refractivity contribution in [3.8, 4) is 11.5 Å². The van der Waals surface area contributed by atoms with Crippen LogP contribution in [0.15, 0.2) is 60.7 Å². The average Bonchev–Trinajstić information content (AvgIpc) is 3.15. The number of halogens is 1. The molecule has 0 spiro atoms. The van der Waals surface area contributed by atoms with Gasteiger partial charge in [-0.25, -0.2) is 4.98 Å². The zero-order chi connectivity index (χ0) is 23.4. The molecule has 0 aliphatic rings. The van der Waals surface area contributed by atoms with Crippen molar-refractivity contribution in [2.24, 2.45) is 0 Å². The first-order chi connectivity index (χ1) is 15.9. The van der Waals surface area contributed by atoms with Crippen molar-refractivity contribution >= 4 is 22.6 Å². The van der Waals surface area contributed by atoms with Gasteiger partial charge in [-0.1, -0.05) is 49.7 Å². The normalized spacial score (nSPS) is 11.3. The van der Waals surface area contributed by atoms with Crippen LogP contribution < -0.4 is 9.47 Å². The molecular formula is C28H31ClN2O2. The van der Waals surface area contributed by atoms with Crippen LogP contribution in [0.4, 0.5) is 0 Å². The van der Waals surface area contributed by atoms with Gasteiger partial charge in [0.15, 0.2) is 0 Å². The molecule has 172 valence electrons. The van der Waals surface area contributed by atoms with Gasteiger partial charge in [0.1, 0.15) is 23.9 Å². The summed E-state index contributed by atoms with van der Waals surface area (Å²) in [5.74, 6) is 3.10. The summed E-state index contributed by atoms with van der Waals surface area (Å²) < 4.78 is 14.5. The maximum Gasteiger partial charge on any atom is 0.148 e. The van der Waals surface area contributed by atoms with Gasteiger partial charge in [0, 0.05) is 11.6 Å². The Bertz CT molecular complexity index is 1250. The number of fused-ring (bicyclic) bond motifs is 1. The minimum atomic E-state index is 0.396. The van der Waals surface area contributed by atoms with Gasteiger partial charge in [-0.05, 0) is 79.3 Å². The molecule has 1 heterocycles. The van der Waals surface area contributed by atoms with Crippen molar-refractivity contribution in [3.05, 3.63) is 88.2 Å². The van der Waals surface area contributed by atoms with E-state index < -0.39 is 0 Å². The van der Waals surface area contributed by atoms with E-state index in [0.29, 0.717) is 19.1 Å². The van der Waals surface area contributed by atoms with Crippen LogP contribution in [0.1, 0.15) is 48.7 Å². The van der Waals surface area contributed by atoms with Gasteiger partial charge in [-0.2, -0.15) is 0 Å². The van der Waals surface area contributed by atoms with Crippen LogP contribution in [0.25, 0.3) is 11.0 Å². The van der Waals surface area contributed by atoms with E-state index in [4.69, 9.17) is 26.1 Å². The lowest BCUT2D eigenvalue weighted by molar-refractivity contribution is 0.277. The van der Waals surface area contributed by atoms with E-state index in [2.05, 4.69) is 61.7 Å². The Labute approximate surface area is 201 Å². The lowest BCUT2D eigenvalue weighted by Crippen LogP contribution is -2.11. The first-order valence-corrected chi connectivity index (χ1v) is 11.9. The molecule has 4 rings (SSSR count). The van der Waals surface area contributed by atoms with Gasteiger partial charge in [0.05, 0.1) is 17.6 Å². The predicted octanol–water partition coefficient (Wildman–Crippen LogP) is 7.48. The number of ether oxygens (including phenoxy) is 2. The molecule has 0 unspecified atom stereocenters. The number of benzene rings is 3. The van der Waals surface area contributed by atoms with Crippen LogP contribution in [0.5, 0.6) is 11.5 Å². The number of hydrogen-bond acceptors (Lipinski definition) is 3. The Balaban J connectivity index is 1.48. The van der Waals surface area contributed by atoms with E-state index in [1.807, 2.05) is 31.2 Å². The van der Waals surface area contributed by atoms with E-state index in [9.17, 15) is 0 Å². The van der Waals surface area contributed by atoms with Crippen molar-refractivity contribution in [1.29, 1.82) is 0 Å². The molecule has 0 atom stereocenters. The molecule has 0 radical (unpaired) electrons. The lowest BCUT2D eigenvalue weighted by Gasteiger charge is -2.16. The summed E-state index contributed by atoms with van der Waals surface area (Å²) in [4.78, 5) is 4.87.